The third-order valence-corrected chi connectivity index (χ3v) is 7.80. The maximum absolute atomic E-state index is 13.2. The second kappa shape index (κ2) is 11.8. The average Bonchev–Trinajstić information content (AvgIpc) is 3.39. The highest BCUT2D eigenvalue weighted by atomic mass is 32.1. The van der Waals surface area contributed by atoms with Gasteiger partial charge in [-0.05, 0) is 37.8 Å². The second-order valence-corrected chi connectivity index (χ2v) is 10.4. The van der Waals surface area contributed by atoms with Crippen molar-refractivity contribution in [3.05, 3.63) is 38.9 Å². The van der Waals surface area contributed by atoms with Crippen LogP contribution in [-0.2, 0) is 17.1 Å². The Morgan fingerprint density at radius 1 is 1.03 bits per heavy atom. The summed E-state index contributed by atoms with van der Waals surface area (Å²) in [6, 6.07) is 2.61. The van der Waals surface area contributed by atoms with Crippen LogP contribution >= 0.6 is 23.6 Å². The van der Waals surface area contributed by atoms with Crippen molar-refractivity contribution in [3.63, 3.8) is 0 Å². The van der Waals surface area contributed by atoms with Gasteiger partial charge >= 0.3 is 12.4 Å². The summed E-state index contributed by atoms with van der Waals surface area (Å²) in [7, 11) is 0. The second-order valence-electron chi connectivity index (χ2n) is 9.02. The van der Waals surface area contributed by atoms with E-state index in [0.717, 1.165) is 12.1 Å². The number of hydrogen-bond acceptors (Lipinski definition) is 9. The Morgan fingerprint density at radius 3 is 2.23 bits per heavy atom. The van der Waals surface area contributed by atoms with Crippen LogP contribution in [0.2, 0.25) is 0 Å². The molecule has 0 unspecified atom stereocenters. The zero-order valence-electron chi connectivity index (χ0n) is 20.2. The van der Waals surface area contributed by atoms with Gasteiger partial charge in [-0.2, -0.15) is 26.3 Å². The Labute approximate surface area is 227 Å². The molecule has 0 amide bonds. The van der Waals surface area contributed by atoms with Crippen molar-refractivity contribution in [1.29, 1.82) is 0 Å². The van der Waals surface area contributed by atoms with Crippen LogP contribution in [0, 0.1) is 10.1 Å². The highest BCUT2D eigenvalue weighted by Gasteiger charge is 2.39. The fourth-order valence-corrected chi connectivity index (χ4v) is 5.38. The van der Waals surface area contributed by atoms with E-state index in [9.17, 15) is 36.5 Å². The van der Waals surface area contributed by atoms with Gasteiger partial charge in [0.15, 0.2) is 0 Å². The maximum Gasteiger partial charge on any atom is 0.445 e. The third kappa shape index (κ3) is 7.45. The number of rotatable bonds is 7. The van der Waals surface area contributed by atoms with E-state index in [-0.39, 0.29) is 29.7 Å². The molecule has 4 rings (SSSR count). The molecule has 214 valence electrons. The Morgan fingerprint density at radius 2 is 1.67 bits per heavy atom. The molecule has 1 aromatic carbocycles. The smallest absolute Gasteiger partial charge is 0.445 e. The minimum atomic E-state index is -4.88. The number of thiocarbonyl (C=S) groups is 1. The van der Waals surface area contributed by atoms with Crippen LogP contribution in [0.25, 0.3) is 0 Å². The third-order valence-electron chi connectivity index (χ3n) is 6.40. The number of nitro groups is 1. The number of hydrogen-bond donors (Lipinski definition) is 0. The van der Waals surface area contributed by atoms with Crippen LogP contribution in [0.5, 0.6) is 5.75 Å². The fraction of sp³-hybridized carbons (Fsp3) is 0.591. The van der Waals surface area contributed by atoms with Crippen molar-refractivity contribution in [2.24, 2.45) is 0 Å². The normalized spacial score (nSPS) is 20.7. The summed E-state index contributed by atoms with van der Waals surface area (Å²) in [5.41, 5.74) is -2.38. The van der Waals surface area contributed by atoms with Gasteiger partial charge in [-0.25, -0.2) is 0 Å². The highest BCUT2D eigenvalue weighted by Crippen LogP contribution is 2.39. The molecule has 9 nitrogen and oxygen atoms in total. The number of halogens is 6. The number of piperazine rings is 1. The van der Waals surface area contributed by atoms with Gasteiger partial charge in [0.1, 0.15) is 16.3 Å². The van der Waals surface area contributed by atoms with Gasteiger partial charge in [-0.3, -0.25) is 10.1 Å². The quantitative estimate of drug-likeness (QED) is 0.181. The fourth-order valence-electron chi connectivity index (χ4n) is 4.37. The summed E-state index contributed by atoms with van der Waals surface area (Å²) in [5, 5.41) is 17.0. The number of nitro benzene ring substituents is 1. The largest absolute Gasteiger partial charge is 0.490 e. The average molecular weight is 600 g/mol. The monoisotopic (exact) mass is 599 g/mol. The molecule has 1 saturated carbocycles. The van der Waals surface area contributed by atoms with Gasteiger partial charge in [0.2, 0.25) is 10.1 Å². The molecule has 0 atom stereocenters. The summed E-state index contributed by atoms with van der Waals surface area (Å²) in [6.07, 6.45) is -7.64. The van der Waals surface area contributed by atoms with E-state index in [1.54, 1.807) is 4.90 Å². The molecule has 2 aliphatic rings. The molecule has 1 aliphatic carbocycles. The molecular weight excluding hydrogens is 576 g/mol. The first-order valence-corrected chi connectivity index (χ1v) is 13.1. The van der Waals surface area contributed by atoms with Gasteiger partial charge in [-0.1, -0.05) is 23.6 Å². The van der Waals surface area contributed by atoms with E-state index in [0.29, 0.717) is 74.3 Å². The van der Waals surface area contributed by atoms with Crippen LogP contribution in [0.4, 0.5) is 37.2 Å². The van der Waals surface area contributed by atoms with E-state index in [1.807, 2.05) is 4.90 Å². The molecule has 0 bridgehead atoms. The van der Waals surface area contributed by atoms with Crippen molar-refractivity contribution in [2.75, 3.05) is 37.7 Å². The van der Waals surface area contributed by atoms with Gasteiger partial charge in [0.05, 0.1) is 23.7 Å². The van der Waals surface area contributed by atoms with Crippen LogP contribution in [-0.4, -0.2) is 70.0 Å². The lowest BCUT2D eigenvalue weighted by Gasteiger charge is -2.36. The van der Waals surface area contributed by atoms with E-state index < -0.39 is 33.5 Å². The predicted octanol–water partition coefficient (Wildman–Crippen LogP) is 5.34. The molecule has 1 aromatic heterocycles. The summed E-state index contributed by atoms with van der Waals surface area (Å²) in [4.78, 5) is 14.1. The molecule has 2 aromatic rings. The van der Waals surface area contributed by atoms with Crippen LogP contribution in [0.3, 0.4) is 0 Å². The summed E-state index contributed by atoms with van der Waals surface area (Å²) >= 11 is 5.98. The molecule has 2 heterocycles. The molecule has 39 heavy (non-hydrogen) atoms. The van der Waals surface area contributed by atoms with Crippen molar-refractivity contribution < 1.29 is 40.7 Å². The molecule has 0 spiro atoms. The zero-order chi connectivity index (χ0) is 28.4. The number of ether oxygens (including phenoxy) is 2. The molecule has 17 heteroatoms. The van der Waals surface area contributed by atoms with Crippen molar-refractivity contribution in [3.8, 4) is 5.75 Å². The lowest BCUT2D eigenvalue weighted by atomic mass is 9.95. The Hall–Kier alpha value is -2.79. The topological polar surface area (TPSA) is 93.9 Å². The highest BCUT2D eigenvalue weighted by molar-refractivity contribution is 7.80. The van der Waals surface area contributed by atoms with E-state index in [2.05, 4.69) is 10.2 Å². The Bertz CT molecular complexity index is 1180. The molecule has 2 fully saturated rings. The lowest BCUT2D eigenvalue weighted by Crippen LogP contribution is -2.49. The molecular formula is C22H23F6N5O4S2. The van der Waals surface area contributed by atoms with Crippen LogP contribution < -0.4 is 9.64 Å². The maximum atomic E-state index is 13.2. The summed E-state index contributed by atoms with van der Waals surface area (Å²) in [5.74, 6) is -0.0826. The lowest BCUT2D eigenvalue weighted by molar-refractivity contribution is -0.388. The van der Waals surface area contributed by atoms with Crippen molar-refractivity contribution >= 4 is 39.4 Å². The van der Waals surface area contributed by atoms with Crippen LogP contribution in [0.15, 0.2) is 18.2 Å². The minimum Gasteiger partial charge on any atom is -0.490 e. The van der Waals surface area contributed by atoms with E-state index in [4.69, 9.17) is 21.7 Å². The molecule has 0 N–H and O–H groups in total. The Balaban J connectivity index is 1.19. The van der Waals surface area contributed by atoms with Gasteiger partial charge in [0.25, 0.3) is 5.69 Å². The number of alkyl halides is 6. The zero-order valence-corrected chi connectivity index (χ0v) is 21.8. The van der Waals surface area contributed by atoms with E-state index in [1.165, 1.54) is 0 Å². The van der Waals surface area contributed by atoms with E-state index >= 15 is 0 Å². The number of nitrogens with zero attached hydrogens (tertiary/aromatic N) is 5. The number of anilines is 1. The first-order valence-electron chi connectivity index (χ1n) is 11.9. The molecule has 1 saturated heterocycles. The Kier molecular flexibility index (Phi) is 8.80. The van der Waals surface area contributed by atoms with Crippen molar-refractivity contribution in [1.82, 2.24) is 15.1 Å². The van der Waals surface area contributed by atoms with Crippen molar-refractivity contribution in [2.45, 2.75) is 50.2 Å². The minimum absolute atomic E-state index is 0.0826. The number of benzene rings is 1. The van der Waals surface area contributed by atoms with Gasteiger partial charge in [0, 0.05) is 32.2 Å². The van der Waals surface area contributed by atoms with Gasteiger partial charge < -0.3 is 19.3 Å². The standard InChI is InChI=1S/C22H23F6N5O4S2/c23-21(24,25)16-11-15(5-6-17(16)33(34)35)37-14-3-1-13(2-4-14)36-12-18(38)31-7-9-32(10-8-31)20-30-29-19(39-20)22(26,27)28/h5-6,11,13-14H,1-4,7-10,12H2/t13-,14-. The first-order chi connectivity index (χ1) is 18.3. The SMILES string of the molecule is O=[N+]([O-])c1ccc(O[C@H]2CC[C@H](OCC(=S)N3CCN(c4nnc(C(F)(F)F)s4)CC3)CC2)cc1C(F)(F)F. The first kappa shape index (κ1) is 29.2. The summed E-state index contributed by atoms with van der Waals surface area (Å²) < 4.78 is 89.5. The number of aromatic nitrogens is 2. The van der Waals surface area contributed by atoms with Gasteiger partial charge in [-0.15, -0.1) is 10.2 Å². The predicted molar refractivity (Wildman–Crippen MR) is 132 cm³/mol. The summed E-state index contributed by atoms with van der Waals surface area (Å²) in [6.45, 7) is 2.07. The van der Waals surface area contributed by atoms with Crippen LogP contribution in [0.1, 0.15) is 36.3 Å². The molecule has 0 radical (unpaired) electrons. The molecule has 1 aliphatic heterocycles.